The average Bonchev–Trinajstić information content (AvgIpc) is 3.41. The highest BCUT2D eigenvalue weighted by Crippen LogP contribution is 2.45. The van der Waals surface area contributed by atoms with Gasteiger partial charge in [-0.2, -0.15) is 0 Å². The van der Waals surface area contributed by atoms with E-state index in [1.54, 1.807) is 0 Å². The molecule has 2 heterocycles. The van der Waals surface area contributed by atoms with Crippen molar-refractivity contribution >= 4 is 33.9 Å². The molecule has 3 aliphatic carbocycles. The first-order chi connectivity index (χ1) is 17.6. The molecular formula is C34H33NO. The van der Waals surface area contributed by atoms with Crippen LogP contribution >= 0.6 is 0 Å². The van der Waals surface area contributed by atoms with Crippen LogP contribution in [0, 0.1) is 11.8 Å². The van der Waals surface area contributed by atoms with E-state index in [1.807, 2.05) is 0 Å². The van der Waals surface area contributed by atoms with Crippen LogP contribution in [-0.4, -0.2) is 6.04 Å². The Hall–Kier alpha value is -3.52. The van der Waals surface area contributed by atoms with Gasteiger partial charge >= 0.3 is 0 Å². The molecule has 4 atom stereocenters. The minimum atomic E-state index is 0.299. The molecule has 0 radical (unpaired) electrons. The average molecular weight is 472 g/mol. The molecule has 1 aliphatic heterocycles. The Morgan fingerprint density at radius 3 is 2.83 bits per heavy atom. The molecule has 2 nitrogen and oxygen atoms in total. The minimum Gasteiger partial charge on any atom is -0.460 e. The lowest BCUT2D eigenvalue weighted by molar-refractivity contribution is 0.545. The summed E-state index contributed by atoms with van der Waals surface area (Å²) in [6.07, 6.45) is 19.5. The second kappa shape index (κ2) is 8.27. The van der Waals surface area contributed by atoms with Crippen LogP contribution in [0.3, 0.4) is 0 Å². The summed E-state index contributed by atoms with van der Waals surface area (Å²) in [5.74, 6) is 2.48. The molecule has 2 aromatic carbocycles. The van der Waals surface area contributed by atoms with Crippen molar-refractivity contribution in [3.8, 4) is 0 Å². The summed E-state index contributed by atoms with van der Waals surface area (Å²) in [6.45, 7) is 6.98. The third-order valence-corrected chi connectivity index (χ3v) is 8.51. The fourth-order valence-corrected chi connectivity index (χ4v) is 6.81. The van der Waals surface area contributed by atoms with E-state index in [4.69, 9.17) is 4.42 Å². The van der Waals surface area contributed by atoms with Gasteiger partial charge in [-0.05, 0) is 66.0 Å². The van der Waals surface area contributed by atoms with E-state index in [1.165, 1.54) is 50.0 Å². The van der Waals surface area contributed by atoms with E-state index >= 15 is 0 Å². The van der Waals surface area contributed by atoms with Crippen LogP contribution < -0.4 is 5.32 Å². The molecule has 0 bridgehead atoms. The maximum Gasteiger partial charge on any atom is 0.142 e. The zero-order valence-electron chi connectivity index (χ0n) is 21.3. The van der Waals surface area contributed by atoms with Gasteiger partial charge in [0.2, 0.25) is 0 Å². The van der Waals surface area contributed by atoms with E-state index in [0.717, 1.165) is 30.6 Å². The molecule has 7 rings (SSSR count). The van der Waals surface area contributed by atoms with Gasteiger partial charge in [-0.25, -0.2) is 0 Å². The van der Waals surface area contributed by atoms with Crippen molar-refractivity contribution in [1.82, 2.24) is 0 Å². The van der Waals surface area contributed by atoms with Crippen LogP contribution in [-0.2, 0) is 6.42 Å². The van der Waals surface area contributed by atoms with Gasteiger partial charge in [-0.1, -0.05) is 86.2 Å². The highest BCUT2D eigenvalue weighted by Gasteiger charge is 2.32. The number of aryl methyl sites for hydroxylation is 1. The summed E-state index contributed by atoms with van der Waals surface area (Å²) < 4.78 is 6.44. The summed E-state index contributed by atoms with van der Waals surface area (Å²) in [5, 5.41) is 4.99. The Kier molecular flexibility index (Phi) is 4.99. The SMILES string of the molecule is CC1=C(c2ccc3c(c2)C2C=C(c4cccc5c6c(oc45)CCC=C6)C=CC2N3)C(C)C=CC(C)C1. The lowest BCUT2D eigenvalue weighted by Crippen LogP contribution is -2.18. The molecule has 1 N–H and O–H groups in total. The molecule has 0 saturated carbocycles. The predicted octanol–water partition coefficient (Wildman–Crippen LogP) is 8.93. The Morgan fingerprint density at radius 2 is 1.92 bits per heavy atom. The fraction of sp³-hybridized carbons (Fsp3) is 0.294. The molecule has 3 aromatic rings. The summed E-state index contributed by atoms with van der Waals surface area (Å²) in [6, 6.07) is 14.0. The summed E-state index contributed by atoms with van der Waals surface area (Å²) >= 11 is 0. The summed E-state index contributed by atoms with van der Waals surface area (Å²) in [5.41, 5.74) is 11.8. The Morgan fingerprint density at radius 1 is 1.00 bits per heavy atom. The van der Waals surface area contributed by atoms with Gasteiger partial charge < -0.3 is 9.73 Å². The van der Waals surface area contributed by atoms with E-state index in [2.05, 4.69) is 105 Å². The van der Waals surface area contributed by atoms with Gasteiger partial charge in [-0.15, -0.1) is 0 Å². The molecule has 36 heavy (non-hydrogen) atoms. The zero-order chi connectivity index (χ0) is 24.4. The van der Waals surface area contributed by atoms with Crippen LogP contribution in [0.1, 0.15) is 67.5 Å². The Balaban J connectivity index is 1.30. The maximum absolute atomic E-state index is 6.44. The van der Waals surface area contributed by atoms with Crippen molar-refractivity contribution in [1.29, 1.82) is 0 Å². The monoisotopic (exact) mass is 471 g/mol. The third-order valence-electron chi connectivity index (χ3n) is 8.51. The van der Waals surface area contributed by atoms with Crippen molar-refractivity contribution in [2.24, 2.45) is 11.8 Å². The molecule has 0 saturated heterocycles. The molecule has 4 aliphatic rings. The molecule has 1 aromatic heterocycles. The smallest absolute Gasteiger partial charge is 0.142 e. The summed E-state index contributed by atoms with van der Waals surface area (Å²) in [7, 11) is 0. The largest absolute Gasteiger partial charge is 0.460 e. The van der Waals surface area contributed by atoms with Gasteiger partial charge in [-0.3, -0.25) is 0 Å². The standard InChI is InChI=1S/C34H33NO/c1-20-11-12-21(2)33(22(3)17-20)24-14-16-31-29(19-24)28-18-23(13-15-30(28)35-31)25-8-6-9-27-26-7-4-5-10-32(26)36-34(25)27/h4,6-9,11-16,18-21,28,30,35H,5,10,17H2,1-3H3. The zero-order valence-corrected chi connectivity index (χ0v) is 21.3. The molecule has 180 valence electrons. The van der Waals surface area contributed by atoms with Crippen molar-refractivity contribution < 1.29 is 4.42 Å². The van der Waals surface area contributed by atoms with Crippen LogP contribution in [0.25, 0.3) is 28.2 Å². The number of anilines is 1. The van der Waals surface area contributed by atoms with Crippen LogP contribution in [0.4, 0.5) is 5.69 Å². The van der Waals surface area contributed by atoms with Crippen molar-refractivity contribution in [2.45, 2.75) is 52.0 Å². The number of para-hydroxylation sites is 1. The van der Waals surface area contributed by atoms with Gasteiger partial charge in [0, 0.05) is 34.5 Å². The van der Waals surface area contributed by atoms with Gasteiger partial charge in [0.1, 0.15) is 11.3 Å². The first kappa shape index (κ1) is 21.7. The number of hydrogen-bond acceptors (Lipinski definition) is 2. The summed E-state index contributed by atoms with van der Waals surface area (Å²) in [4.78, 5) is 0. The number of hydrogen-bond donors (Lipinski definition) is 1. The molecular weight excluding hydrogens is 438 g/mol. The molecule has 0 amide bonds. The quantitative estimate of drug-likeness (QED) is 0.377. The first-order valence-electron chi connectivity index (χ1n) is 13.5. The topological polar surface area (TPSA) is 25.2 Å². The number of nitrogens with one attached hydrogen (secondary N) is 1. The van der Waals surface area contributed by atoms with E-state index in [9.17, 15) is 0 Å². The van der Waals surface area contributed by atoms with E-state index in [-0.39, 0.29) is 0 Å². The second-order valence-electron chi connectivity index (χ2n) is 11.1. The van der Waals surface area contributed by atoms with E-state index < -0.39 is 0 Å². The number of allylic oxidation sites excluding steroid dienone is 7. The highest BCUT2D eigenvalue weighted by atomic mass is 16.3. The van der Waals surface area contributed by atoms with Crippen LogP contribution in [0.2, 0.25) is 0 Å². The second-order valence-corrected chi connectivity index (χ2v) is 11.1. The van der Waals surface area contributed by atoms with Gasteiger partial charge in [0.25, 0.3) is 0 Å². The highest BCUT2D eigenvalue weighted by molar-refractivity contribution is 5.98. The molecule has 2 heteroatoms. The van der Waals surface area contributed by atoms with Gasteiger partial charge in [0.05, 0.1) is 6.04 Å². The fourth-order valence-electron chi connectivity index (χ4n) is 6.81. The van der Waals surface area contributed by atoms with Crippen molar-refractivity contribution in [2.75, 3.05) is 5.32 Å². The Labute approximate surface area is 213 Å². The lowest BCUT2D eigenvalue weighted by Gasteiger charge is -2.21. The van der Waals surface area contributed by atoms with Gasteiger partial charge in [0.15, 0.2) is 0 Å². The molecule has 4 unspecified atom stereocenters. The van der Waals surface area contributed by atoms with E-state index in [0.29, 0.717) is 23.8 Å². The maximum atomic E-state index is 6.44. The van der Waals surface area contributed by atoms with Crippen molar-refractivity contribution in [3.05, 3.63) is 106 Å². The minimum absolute atomic E-state index is 0.299. The number of benzene rings is 2. The lowest BCUT2D eigenvalue weighted by atomic mass is 9.83. The van der Waals surface area contributed by atoms with Crippen molar-refractivity contribution in [3.63, 3.8) is 0 Å². The molecule has 0 spiro atoms. The third kappa shape index (κ3) is 3.38. The normalized spacial score (nSPS) is 26.4. The van der Waals surface area contributed by atoms with Crippen LogP contribution in [0.15, 0.2) is 82.8 Å². The predicted molar refractivity (Wildman–Crippen MR) is 152 cm³/mol. The first-order valence-corrected chi connectivity index (χ1v) is 13.5. The Bertz CT molecular complexity index is 1540. The van der Waals surface area contributed by atoms with Crippen LogP contribution in [0.5, 0.6) is 0 Å². The number of rotatable bonds is 2. The molecule has 0 fully saturated rings. The number of fused-ring (bicyclic) bond motifs is 6. The number of furan rings is 1.